The van der Waals surface area contributed by atoms with E-state index in [0.29, 0.717) is 0 Å². The van der Waals surface area contributed by atoms with Crippen molar-refractivity contribution in [1.29, 1.82) is 0 Å². The lowest BCUT2D eigenvalue weighted by Gasteiger charge is -1.92. The highest BCUT2D eigenvalue weighted by molar-refractivity contribution is 5.43. The van der Waals surface area contributed by atoms with Crippen LogP contribution < -0.4 is 17.0 Å². The summed E-state index contributed by atoms with van der Waals surface area (Å²) in [5.74, 6) is -0.603. The maximum Gasteiger partial charge on any atom is 0.328 e. The second-order valence-electron chi connectivity index (χ2n) is 1.67. The van der Waals surface area contributed by atoms with E-state index in [4.69, 9.17) is 10.8 Å². The fourth-order valence-electron chi connectivity index (χ4n) is 0.484. The zero-order valence-corrected chi connectivity index (χ0v) is 4.84. The lowest BCUT2D eigenvalue weighted by Crippen LogP contribution is -2.23. The Morgan fingerprint density at radius 2 is 1.90 bits per heavy atom. The van der Waals surface area contributed by atoms with Crippen molar-refractivity contribution in [2.45, 2.75) is 0 Å². The Morgan fingerprint density at radius 3 is 2.40 bits per heavy atom. The molecule has 0 radical (unpaired) electrons. The fourth-order valence-corrected chi connectivity index (χ4v) is 0.484. The van der Waals surface area contributed by atoms with E-state index in [9.17, 15) is 9.59 Å². The number of rotatable bonds is 0. The number of aromatic hydroxyl groups is 1. The number of nitrogen functional groups attached to an aromatic ring is 1. The molecular formula is C4H5N3O3. The summed E-state index contributed by atoms with van der Waals surface area (Å²) in [4.78, 5) is 24.6. The first-order valence-electron chi connectivity index (χ1n) is 2.42. The quantitative estimate of drug-likeness (QED) is 0.348. The molecule has 0 unspecified atom stereocenters. The zero-order valence-electron chi connectivity index (χ0n) is 4.84. The van der Waals surface area contributed by atoms with E-state index >= 15 is 0 Å². The van der Waals surface area contributed by atoms with Crippen LogP contribution in [0.15, 0.2) is 9.59 Å². The molecule has 5 N–H and O–H groups in total. The number of H-pyrrole nitrogens is 2. The topological polar surface area (TPSA) is 112 Å². The monoisotopic (exact) mass is 143 g/mol. The van der Waals surface area contributed by atoms with E-state index in [0.717, 1.165) is 0 Å². The molecule has 54 valence electrons. The molecule has 1 aromatic rings. The first-order valence-corrected chi connectivity index (χ1v) is 2.42. The maximum absolute atomic E-state index is 10.5. The molecule has 6 nitrogen and oxygen atoms in total. The van der Waals surface area contributed by atoms with Gasteiger partial charge in [-0.3, -0.25) is 14.8 Å². The summed E-state index contributed by atoms with van der Waals surface area (Å²) in [6.07, 6.45) is 0. The summed E-state index contributed by atoms with van der Waals surface area (Å²) < 4.78 is 0. The molecular weight excluding hydrogens is 138 g/mol. The zero-order chi connectivity index (χ0) is 7.72. The minimum Gasteiger partial charge on any atom is -0.493 e. The molecule has 0 aliphatic carbocycles. The Labute approximate surface area is 54.3 Å². The number of hydrogen-bond donors (Lipinski definition) is 4. The average molecular weight is 143 g/mol. The molecule has 1 heterocycles. The largest absolute Gasteiger partial charge is 0.493 e. The number of nitrogens with one attached hydrogen (secondary N) is 2. The van der Waals surface area contributed by atoms with Crippen molar-refractivity contribution in [2.24, 2.45) is 0 Å². The molecule has 1 aromatic heterocycles. The fraction of sp³-hybridized carbons (Fsp3) is 0. The van der Waals surface area contributed by atoms with Gasteiger partial charge in [0.05, 0.1) is 0 Å². The Kier molecular flexibility index (Phi) is 1.22. The Morgan fingerprint density at radius 1 is 1.30 bits per heavy atom. The highest BCUT2D eigenvalue weighted by Gasteiger charge is 2.00. The minimum absolute atomic E-state index is 0.389. The highest BCUT2D eigenvalue weighted by atomic mass is 16.3. The van der Waals surface area contributed by atoms with E-state index in [1.165, 1.54) is 0 Å². The predicted octanol–water partition coefficient (Wildman–Crippen LogP) is -1.65. The van der Waals surface area contributed by atoms with Crippen molar-refractivity contribution in [1.82, 2.24) is 9.97 Å². The molecule has 0 atom stereocenters. The molecule has 0 spiro atoms. The Bertz CT molecular complexity index is 350. The smallest absolute Gasteiger partial charge is 0.328 e. The number of aromatic amines is 2. The van der Waals surface area contributed by atoms with Gasteiger partial charge >= 0.3 is 5.69 Å². The van der Waals surface area contributed by atoms with Crippen LogP contribution in [0.1, 0.15) is 0 Å². The van der Waals surface area contributed by atoms with E-state index in [1.807, 2.05) is 9.97 Å². The molecule has 0 fully saturated rings. The van der Waals surface area contributed by atoms with Crippen LogP contribution in [0.25, 0.3) is 0 Å². The molecule has 0 aliphatic rings. The van der Waals surface area contributed by atoms with Crippen LogP contribution >= 0.6 is 0 Å². The summed E-state index contributed by atoms with van der Waals surface area (Å²) in [6, 6.07) is 0. The van der Waals surface area contributed by atoms with Gasteiger partial charge in [0.15, 0.2) is 5.69 Å². The van der Waals surface area contributed by atoms with Gasteiger partial charge in [0.25, 0.3) is 5.56 Å². The van der Waals surface area contributed by atoms with E-state index in [2.05, 4.69) is 0 Å². The molecule has 6 heteroatoms. The molecule has 0 aliphatic heterocycles. The second-order valence-corrected chi connectivity index (χ2v) is 1.67. The average Bonchev–Trinajstić information content (AvgIpc) is 1.82. The van der Waals surface area contributed by atoms with Crippen LogP contribution in [0.5, 0.6) is 5.88 Å². The SMILES string of the molecule is Nc1c(O)[nH]c(=O)[nH]c1=O. The van der Waals surface area contributed by atoms with E-state index in [-0.39, 0.29) is 5.69 Å². The third kappa shape index (κ3) is 0.859. The van der Waals surface area contributed by atoms with Gasteiger partial charge in [0.2, 0.25) is 5.88 Å². The Balaban J connectivity index is 3.62. The number of anilines is 1. The molecule has 0 aromatic carbocycles. The summed E-state index contributed by atoms with van der Waals surface area (Å²) in [7, 11) is 0. The van der Waals surface area contributed by atoms with Gasteiger partial charge < -0.3 is 10.8 Å². The number of hydrogen-bond acceptors (Lipinski definition) is 4. The molecule has 0 saturated carbocycles. The predicted molar refractivity (Wildman–Crippen MR) is 33.8 cm³/mol. The van der Waals surface area contributed by atoms with Crippen LogP contribution in [-0.4, -0.2) is 15.1 Å². The van der Waals surface area contributed by atoms with Crippen molar-refractivity contribution in [3.63, 3.8) is 0 Å². The van der Waals surface area contributed by atoms with Crippen molar-refractivity contribution in [3.8, 4) is 5.88 Å². The van der Waals surface area contributed by atoms with Crippen molar-refractivity contribution in [2.75, 3.05) is 5.73 Å². The first kappa shape index (κ1) is 6.40. The van der Waals surface area contributed by atoms with Gasteiger partial charge in [-0.1, -0.05) is 0 Å². The molecule has 0 amide bonds. The minimum atomic E-state index is -0.791. The lowest BCUT2D eigenvalue weighted by molar-refractivity contribution is 0.451. The van der Waals surface area contributed by atoms with Gasteiger partial charge in [-0.2, -0.15) is 0 Å². The van der Waals surface area contributed by atoms with Gasteiger partial charge in [-0.05, 0) is 0 Å². The normalized spacial score (nSPS) is 9.60. The summed E-state index contributed by atoms with van der Waals surface area (Å²) in [5, 5.41) is 8.68. The number of nitrogens with two attached hydrogens (primary N) is 1. The third-order valence-electron chi connectivity index (χ3n) is 0.959. The lowest BCUT2D eigenvalue weighted by atomic mass is 10.5. The van der Waals surface area contributed by atoms with Gasteiger partial charge in [0, 0.05) is 0 Å². The molecule has 0 saturated heterocycles. The third-order valence-corrected chi connectivity index (χ3v) is 0.959. The summed E-state index contributed by atoms with van der Waals surface area (Å²) in [5.41, 5.74) is 3.03. The van der Waals surface area contributed by atoms with Gasteiger partial charge in [0.1, 0.15) is 0 Å². The van der Waals surface area contributed by atoms with Crippen molar-refractivity contribution in [3.05, 3.63) is 20.8 Å². The van der Waals surface area contributed by atoms with Crippen LogP contribution in [0.3, 0.4) is 0 Å². The van der Waals surface area contributed by atoms with Crippen LogP contribution in [0.2, 0.25) is 0 Å². The van der Waals surface area contributed by atoms with Crippen molar-refractivity contribution < 1.29 is 5.11 Å². The Hall–Kier alpha value is -1.72. The summed E-state index contributed by atoms with van der Waals surface area (Å²) >= 11 is 0. The van der Waals surface area contributed by atoms with Gasteiger partial charge in [-0.15, -0.1) is 0 Å². The molecule has 1 rings (SSSR count). The maximum atomic E-state index is 10.5. The molecule has 10 heavy (non-hydrogen) atoms. The van der Waals surface area contributed by atoms with Crippen molar-refractivity contribution >= 4 is 5.69 Å². The van der Waals surface area contributed by atoms with E-state index in [1.54, 1.807) is 0 Å². The highest BCUT2D eigenvalue weighted by Crippen LogP contribution is 2.03. The summed E-state index contributed by atoms with van der Waals surface area (Å²) in [6.45, 7) is 0. The van der Waals surface area contributed by atoms with E-state index < -0.39 is 17.1 Å². The van der Waals surface area contributed by atoms with Gasteiger partial charge in [-0.25, -0.2) is 4.79 Å². The van der Waals surface area contributed by atoms with Crippen LogP contribution in [0, 0.1) is 0 Å². The first-order chi connectivity index (χ1) is 4.61. The standard InChI is InChI=1S/C4H5N3O3/c5-1-2(8)6-4(10)7-3(1)9/h5H2,(H3,6,7,8,9,10). The second kappa shape index (κ2) is 1.90. The molecule has 0 bridgehead atoms. The van der Waals surface area contributed by atoms with Crippen LogP contribution in [-0.2, 0) is 0 Å². The van der Waals surface area contributed by atoms with Crippen LogP contribution in [0.4, 0.5) is 5.69 Å². The number of aromatic nitrogens is 2.